The second-order valence-corrected chi connectivity index (χ2v) is 5.05. The third kappa shape index (κ3) is 2.72. The average molecular weight is 251 g/mol. The van der Waals surface area contributed by atoms with Gasteiger partial charge in [0.15, 0.2) is 0 Å². The van der Waals surface area contributed by atoms with Crippen LogP contribution in [0.15, 0.2) is 23.4 Å². The number of aryl methyl sites for hydroxylation is 1. The van der Waals surface area contributed by atoms with Crippen molar-refractivity contribution >= 4 is 11.5 Å². The summed E-state index contributed by atoms with van der Waals surface area (Å²) < 4.78 is 13.6. The van der Waals surface area contributed by atoms with Crippen LogP contribution >= 0.6 is 0 Å². The van der Waals surface area contributed by atoms with E-state index in [0.29, 0.717) is 18.7 Å². The first-order chi connectivity index (χ1) is 8.56. The second-order valence-electron chi connectivity index (χ2n) is 5.05. The van der Waals surface area contributed by atoms with Crippen molar-refractivity contribution in [2.45, 2.75) is 26.2 Å². The second kappa shape index (κ2) is 4.84. The van der Waals surface area contributed by atoms with E-state index in [1.165, 1.54) is 6.07 Å². The molecule has 1 aromatic carbocycles. The van der Waals surface area contributed by atoms with Crippen LogP contribution in [0.1, 0.15) is 24.8 Å². The molecule has 0 saturated heterocycles. The van der Waals surface area contributed by atoms with E-state index in [-0.39, 0.29) is 17.1 Å². The minimum Gasteiger partial charge on any atom is -0.409 e. The molecule has 1 saturated carbocycles. The van der Waals surface area contributed by atoms with Gasteiger partial charge in [-0.1, -0.05) is 17.3 Å². The molecule has 0 amide bonds. The van der Waals surface area contributed by atoms with Crippen molar-refractivity contribution in [2.75, 3.05) is 11.9 Å². The molecule has 1 aromatic rings. The lowest BCUT2D eigenvalue weighted by Crippen LogP contribution is -2.24. The molecule has 0 aromatic heterocycles. The standard InChI is InChI=1S/C13H18FN3O/c1-9-3-2-4-10(14)12(9)16-8-13(5-6-13)7-11(15)17-18/h2-4,16,18H,5-8H2,1H3,(H2,15,17). The Morgan fingerprint density at radius 1 is 1.56 bits per heavy atom. The Balaban J connectivity index is 2.00. The Morgan fingerprint density at radius 2 is 2.28 bits per heavy atom. The van der Waals surface area contributed by atoms with E-state index in [2.05, 4.69) is 10.5 Å². The highest BCUT2D eigenvalue weighted by Gasteiger charge is 2.43. The number of benzene rings is 1. The maximum absolute atomic E-state index is 13.6. The smallest absolute Gasteiger partial charge is 0.146 e. The minimum absolute atomic E-state index is 0.0189. The molecule has 18 heavy (non-hydrogen) atoms. The van der Waals surface area contributed by atoms with E-state index >= 15 is 0 Å². The molecule has 0 spiro atoms. The van der Waals surface area contributed by atoms with Crippen LogP contribution < -0.4 is 11.1 Å². The van der Waals surface area contributed by atoms with Crippen LogP contribution in [0.3, 0.4) is 0 Å². The van der Waals surface area contributed by atoms with Gasteiger partial charge in [0.25, 0.3) is 0 Å². The quantitative estimate of drug-likeness (QED) is 0.326. The topological polar surface area (TPSA) is 70.6 Å². The van der Waals surface area contributed by atoms with Crippen molar-refractivity contribution in [1.29, 1.82) is 0 Å². The number of rotatable bonds is 5. The SMILES string of the molecule is Cc1cccc(F)c1NCC1(C/C(N)=N/O)CC1. The van der Waals surface area contributed by atoms with Crippen LogP contribution in [0.2, 0.25) is 0 Å². The first-order valence-corrected chi connectivity index (χ1v) is 6.02. The Labute approximate surface area is 106 Å². The highest BCUT2D eigenvalue weighted by atomic mass is 19.1. The fourth-order valence-electron chi connectivity index (χ4n) is 2.14. The highest BCUT2D eigenvalue weighted by Crippen LogP contribution is 2.48. The zero-order valence-electron chi connectivity index (χ0n) is 10.4. The number of hydrogen-bond donors (Lipinski definition) is 3. The molecule has 1 aliphatic carbocycles. The summed E-state index contributed by atoms with van der Waals surface area (Å²) in [6.45, 7) is 2.51. The van der Waals surface area contributed by atoms with Crippen molar-refractivity contribution in [2.24, 2.45) is 16.3 Å². The van der Waals surface area contributed by atoms with Gasteiger partial charge in [-0.15, -0.1) is 0 Å². The summed E-state index contributed by atoms with van der Waals surface area (Å²) in [5, 5.41) is 14.7. The largest absolute Gasteiger partial charge is 0.409 e. The van der Waals surface area contributed by atoms with Gasteiger partial charge < -0.3 is 16.3 Å². The molecule has 4 N–H and O–H groups in total. The molecule has 5 heteroatoms. The minimum atomic E-state index is -0.241. The Morgan fingerprint density at radius 3 is 2.83 bits per heavy atom. The molecular weight excluding hydrogens is 233 g/mol. The molecule has 1 aliphatic rings. The van der Waals surface area contributed by atoms with Crippen molar-refractivity contribution in [1.82, 2.24) is 0 Å². The van der Waals surface area contributed by atoms with Crippen molar-refractivity contribution in [3.63, 3.8) is 0 Å². The van der Waals surface area contributed by atoms with Crippen LogP contribution in [-0.2, 0) is 0 Å². The molecule has 2 rings (SSSR count). The van der Waals surface area contributed by atoms with Gasteiger partial charge in [-0.25, -0.2) is 4.39 Å². The fraction of sp³-hybridized carbons (Fsp3) is 0.462. The first kappa shape index (κ1) is 12.7. The molecule has 0 aliphatic heterocycles. The molecule has 0 atom stereocenters. The van der Waals surface area contributed by atoms with Crippen LogP contribution in [0.4, 0.5) is 10.1 Å². The van der Waals surface area contributed by atoms with E-state index in [1.54, 1.807) is 6.07 Å². The average Bonchev–Trinajstić information content (AvgIpc) is 3.08. The summed E-state index contributed by atoms with van der Waals surface area (Å²) in [6.07, 6.45) is 2.58. The number of nitrogens with two attached hydrogens (primary N) is 1. The van der Waals surface area contributed by atoms with Crippen LogP contribution in [-0.4, -0.2) is 17.6 Å². The predicted molar refractivity (Wildman–Crippen MR) is 69.3 cm³/mol. The monoisotopic (exact) mass is 251 g/mol. The van der Waals surface area contributed by atoms with Gasteiger partial charge >= 0.3 is 0 Å². The van der Waals surface area contributed by atoms with Gasteiger partial charge in [0.2, 0.25) is 0 Å². The van der Waals surface area contributed by atoms with E-state index in [0.717, 1.165) is 18.4 Å². The van der Waals surface area contributed by atoms with Gasteiger partial charge in [-0.2, -0.15) is 0 Å². The lowest BCUT2D eigenvalue weighted by atomic mass is 10.0. The summed E-state index contributed by atoms with van der Waals surface area (Å²) in [5.74, 6) is -0.00541. The molecule has 98 valence electrons. The number of halogens is 1. The number of amidine groups is 1. The van der Waals surface area contributed by atoms with Gasteiger partial charge in [-0.3, -0.25) is 0 Å². The third-order valence-electron chi connectivity index (χ3n) is 3.50. The molecular formula is C13H18FN3O. The highest BCUT2D eigenvalue weighted by molar-refractivity contribution is 5.80. The Kier molecular flexibility index (Phi) is 3.41. The van der Waals surface area contributed by atoms with Crippen molar-refractivity contribution < 1.29 is 9.60 Å². The number of anilines is 1. The number of nitrogens with zero attached hydrogens (tertiary/aromatic N) is 1. The molecule has 0 heterocycles. The Hall–Kier alpha value is -1.78. The summed E-state index contributed by atoms with van der Waals surface area (Å²) in [7, 11) is 0. The zero-order chi connectivity index (χ0) is 13.2. The predicted octanol–water partition coefficient (Wildman–Crippen LogP) is 2.46. The van der Waals surface area contributed by atoms with Crippen LogP contribution in [0, 0.1) is 18.2 Å². The third-order valence-corrected chi connectivity index (χ3v) is 3.50. The summed E-state index contributed by atoms with van der Waals surface area (Å²) in [6, 6.07) is 5.01. The summed E-state index contributed by atoms with van der Waals surface area (Å²) in [5.41, 5.74) is 6.97. The maximum Gasteiger partial charge on any atom is 0.146 e. The van der Waals surface area contributed by atoms with E-state index in [4.69, 9.17) is 10.9 Å². The van der Waals surface area contributed by atoms with Crippen LogP contribution in [0.5, 0.6) is 0 Å². The first-order valence-electron chi connectivity index (χ1n) is 6.02. The molecule has 4 nitrogen and oxygen atoms in total. The van der Waals surface area contributed by atoms with Crippen molar-refractivity contribution in [3.05, 3.63) is 29.6 Å². The van der Waals surface area contributed by atoms with Crippen LogP contribution in [0.25, 0.3) is 0 Å². The number of oxime groups is 1. The molecule has 1 fully saturated rings. The summed E-state index contributed by atoms with van der Waals surface area (Å²) >= 11 is 0. The normalized spacial score (nSPS) is 17.6. The van der Waals surface area contributed by atoms with Gasteiger partial charge in [0, 0.05) is 13.0 Å². The van der Waals surface area contributed by atoms with Gasteiger partial charge in [0.1, 0.15) is 11.7 Å². The lowest BCUT2D eigenvalue weighted by Gasteiger charge is -2.17. The van der Waals surface area contributed by atoms with E-state index < -0.39 is 0 Å². The van der Waals surface area contributed by atoms with Crippen molar-refractivity contribution in [3.8, 4) is 0 Å². The number of nitrogens with one attached hydrogen (secondary N) is 1. The molecule has 0 bridgehead atoms. The summed E-state index contributed by atoms with van der Waals surface area (Å²) in [4.78, 5) is 0. The van der Waals surface area contributed by atoms with Gasteiger partial charge in [0.05, 0.1) is 5.69 Å². The van der Waals surface area contributed by atoms with E-state index in [1.807, 2.05) is 13.0 Å². The zero-order valence-corrected chi connectivity index (χ0v) is 10.4. The van der Waals surface area contributed by atoms with Gasteiger partial charge in [-0.05, 0) is 36.8 Å². The number of hydrogen-bond acceptors (Lipinski definition) is 3. The molecule has 0 unspecified atom stereocenters. The van der Waals surface area contributed by atoms with E-state index in [9.17, 15) is 4.39 Å². The Bertz CT molecular complexity index is 449. The maximum atomic E-state index is 13.6. The molecule has 0 radical (unpaired) electrons. The fourth-order valence-corrected chi connectivity index (χ4v) is 2.14. The lowest BCUT2D eigenvalue weighted by molar-refractivity contribution is 0.315. The number of para-hydroxylation sites is 1.